The third kappa shape index (κ3) is 2.27. The van der Waals surface area contributed by atoms with Crippen LogP contribution in [-0.4, -0.2) is 43.3 Å². The minimum Gasteiger partial charge on any atom is -0.376 e. The van der Waals surface area contributed by atoms with Gasteiger partial charge in [-0.05, 0) is 38.6 Å². The van der Waals surface area contributed by atoms with Crippen LogP contribution in [0, 0.1) is 5.92 Å². The zero-order chi connectivity index (χ0) is 9.97. The van der Waals surface area contributed by atoms with Gasteiger partial charge in [0.05, 0.1) is 12.7 Å². The molecule has 0 spiro atoms. The second-order valence-electron chi connectivity index (χ2n) is 4.74. The summed E-state index contributed by atoms with van der Waals surface area (Å²) < 4.78 is 5.55. The second kappa shape index (κ2) is 4.60. The summed E-state index contributed by atoms with van der Waals surface area (Å²) >= 11 is 0. The summed E-state index contributed by atoms with van der Waals surface area (Å²) in [4.78, 5) is 2.60. The van der Waals surface area contributed by atoms with E-state index in [1.165, 1.54) is 19.3 Å². The zero-order valence-corrected chi connectivity index (χ0v) is 9.11. The lowest BCUT2D eigenvalue weighted by Crippen LogP contribution is -2.46. The van der Waals surface area contributed by atoms with Gasteiger partial charge in [0, 0.05) is 19.1 Å². The molecule has 1 aliphatic carbocycles. The van der Waals surface area contributed by atoms with Crippen LogP contribution in [0.1, 0.15) is 26.2 Å². The molecule has 1 saturated carbocycles. The zero-order valence-electron chi connectivity index (χ0n) is 9.11. The molecule has 1 aliphatic heterocycles. The first-order chi connectivity index (χ1) is 6.79. The normalized spacial score (nSPS) is 40.3. The van der Waals surface area contributed by atoms with Gasteiger partial charge in [0.2, 0.25) is 0 Å². The van der Waals surface area contributed by atoms with Crippen molar-refractivity contribution in [2.45, 2.75) is 38.3 Å². The largest absolute Gasteiger partial charge is 0.376 e. The van der Waals surface area contributed by atoms with Gasteiger partial charge in [-0.2, -0.15) is 0 Å². The van der Waals surface area contributed by atoms with Crippen LogP contribution >= 0.6 is 0 Å². The number of rotatable bonds is 2. The molecule has 0 bridgehead atoms. The van der Waals surface area contributed by atoms with Crippen molar-refractivity contribution in [3.63, 3.8) is 0 Å². The van der Waals surface area contributed by atoms with Gasteiger partial charge in [0.15, 0.2) is 0 Å². The van der Waals surface area contributed by atoms with E-state index in [9.17, 15) is 0 Å². The molecule has 82 valence electrons. The molecule has 0 aromatic carbocycles. The lowest BCUT2D eigenvalue weighted by atomic mass is 10.1. The molecule has 3 nitrogen and oxygen atoms in total. The van der Waals surface area contributed by atoms with Crippen molar-refractivity contribution in [1.82, 2.24) is 4.90 Å². The molecule has 3 atom stereocenters. The van der Waals surface area contributed by atoms with Crippen molar-refractivity contribution in [3.8, 4) is 0 Å². The van der Waals surface area contributed by atoms with E-state index in [2.05, 4.69) is 11.8 Å². The number of nitrogens with zero attached hydrogens (tertiary/aromatic N) is 1. The number of morpholine rings is 1. The van der Waals surface area contributed by atoms with Gasteiger partial charge in [0.1, 0.15) is 0 Å². The smallest absolute Gasteiger partial charge is 0.0674 e. The monoisotopic (exact) mass is 198 g/mol. The fourth-order valence-corrected chi connectivity index (χ4v) is 2.77. The van der Waals surface area contributed by atoms with Gasteiger partial charge in [0.25, 0.3) is 0 Å². The molecule has 1 heterocycles. The molecule has 2 fully saturated rings. The first kappa shape index (κ1) is 10.4. The molecule has 0 amide bonds. The topological polar surface area (TPSA) is 38.5 Å². The van der Waals surface area contributed by atoms with E-state index in [0.29, 0.717) is 6.10 Å². The molecule has 3 heteroatoms. The molecule has 2 aliphatic rings. The number of hydrogen-bond donors (Lipinski definition) is 1. The Morgan fingerprint density at radius 2 is 2.29 bits per heavy atom. The Labute approximate surface area is 86.6 Å². The highest BCUT2D eigenvalue weighted by Gasteiger charge is 2.30. The molecule has 14 heavy (non-hydrogen) atoms. The number of hydrogen-bond acceptors (Lipinski definition) is 3. The van der Waals surface area contributed by atoms with E-state index in [1.54, 1.807) is 0 Å². The van der Waals surface area contributed by atoms with Crippen molar-refractivity contribution in [1.29, 1.82) is 0 Å². The second-order valence-corrected chi connectivity index (χ2v) is 4.74. The average Bonchev–Trinajstić information content (AvgIpc) is 2.66. The SMILES string of the molecule is CC1CN(C2CCC(CN)C2)CCO1. The van der Waals surface area contributed by atoms with E-state index in [1.807, 2.05) is 0 Å². The van der Waals surface area contributed by atoms with Crippen molar-refractivity contribution in [3.05, 3.63) is 0 Å². The first-order valence-electron chi connectivity index (χ1n) is 5.85. The Morgan fingerprint density at radius 3 is 2.93 bits per heavy atom. The Bertz CT molecular complexity index is 186. The third-order valence-corrected chi connectivity index (χ3v) is 3.64. The van der Waals surface area contributed by atoms with Crippen LogP contribution in [0.15, 0.2) is 0 Å². The minimum atomic E-state index is 0.417. The van der Waals surface area contributed by atoms with Gasteiger partial charge in [-0.1, -0.05) is 0 Å². The van der Waals surface area contributed by atoms with E-state index in [0.717, 1.165) is 38.2 Å². The van der Waals surface area contributed by atoms with Gasteiger partial charge in [-0.25, -0.2) is 0 Å². The minimum absolute atomic E-state index is 0.417. The molecule has 1 saturated heterocycles. The van der Waals surface area contributed by atoms with E-state index < -0.39 is 0 Å². The average molecular weight is 198 g/mol. The van der Waals surface area contributed by atoms with Crippen molar-refractivity contribution in [2.24, 2.45) is 11.7 Å². The lowest BCUT2D eigenvalue weighted by molar-refractivity contribution is -0.0334. The molecule has 2 N–H and O–H groups in total. The van der Waals surface area contributed by atoms with Crippen LogP contribution in [0.25, 0.3) is 0 Å². The first-order valence-corrected chi connectivity index (χ1v) is 5.85. The summed E-state index contributed by atoms with van der Waals surface area (Å²) in [5, 5.41) is 0. The molecular weight excluding hydrogens is 176 g/mol. The summed E-state index contributed by atoms with van der Waals surface area (Å²) in [7, 11) is 0. The Balaban J connectivity index is 1.83. The predicted octanol–water partition coefficient (Wildman–Crippen LogP) is 0.834. The molecule has 2 rings (SSSR count). The molecular formula is C11H22N2O. The van der Waals surface area contributed by atoms with Gasteiger partial charge < -0.3 is 10.5 Å². The van der Waals surface area contributed by atoms with Crippen LogP contribution in [0.2, 0.25) is 0 Å². The van der Waals surface area contributed by atoms with E-state index in [4.69, 9.17) is 10.5 Å². The fraction of sp³-hybridized carbons (Fsp3) is 1.00. The summed E-state index contributed by atoms with van der Waals surface area (Å²) in [6, 6.07) is 0.787. The number of ether oxygens (including phenoxy) is 1. The van der Waals surface area contributed by atoms with E-state index in [-0.39, 0.29) is 0 Å². The fourth-order valence-electron chi connectivity index (χ4n) is 2.77. The summed E-state index contributed by atoms with van der Waals surface area (Å²) in [5.41, 5.74) is 5.71. The molecule has 0 aromatic rings. The van der Waals surface area contributed by atoms with Crippen LogP contribution in [0.5, 0.6) is 0 Å². The summed E-state index contributed by atoms with van der Waals surface area (Å²) in [6.07, 6.45) is 4.39. The van der Waals surface area contributed by atoms with Gasteiger partial charge in [-0.3, -0.25) is 4.90 Å². The maximum absolute atomic E-state index is 5.71. The van der Waals surface area contributed by atoms with Crippen LogP contribution in [0.4, 0.5) is 0 Å². The van der Waals surface area contributed by atoms with Crippen molar-refractivity contribution < 1.29 is 4.74 Å². The molecule has 3 unspecified atom stereocenters. The van der Waals surface area contributed by atoms with Crippen LogP contribution in [-0.2, 0) is 4.74 Å². The molecule has 0 radical (unpaired) electrons. The van der Waals surface area contributed by atoms with Gasteiger partial charge >= 0.3 is 0 Å². The summed E-state index contributed by atoms with van der Waals surface area (Å²) in [5.74, 6) is 0.776. The lowest BCUT2D eigenvalue weighted by Gasteiger charge is -2.35. The standard InChI is InChI=1S/C11H22N2O/c1-9-8-13(4-5-14-9)11-3-2-10(6-11)7-12/h9-11H,2-8,12H2,1H3. The quantitative estimate of drug-likeness (QED) is 0.714. The highest BCUT2D eigenvalue weighted by Crippen LogP contribution is 2.29. The van der Waals surface area contributed by atoms with Crippen molar-refractivity contribution >= 4 is 0 Å². The maximum atomic E-state index is 5.71. The van der Waals surface area contributed by atoms with Crippen LogP contribution < -0.4 is 5.73 Å². The van der Waals surface area contributed by atoms with Crippen LogP contribution in [0.3, 0.4) is 0 Å². The number of nitrogens with two attached hydrogens (primary N) is 1. The Hall–Kier alpha value is -0.120. The highest BCUT2D eigenvalue weighted by molar-refractivity contribution is 4.85. The van der Waals surface area contributed by atoms with Crippen molar-refractivity contribution in [2.75, 3.05) is 26.2 Å². The van der Waals surface area contributed by atoms with Gasteiger partial charge in [-0.15, -0.1) is 0 Å². The molecule has 0 aromatic heterocycles. The highest BCUT2D eigenvalue weighted by atomic mass is 16.5. The Kier molecular flexibility index (Phi) is 3.42. The summed E-state index contributed by atoms with van der Waals surface area (Å²) in [6.45, 7) is 6.18. The maximum Gasteiger partial charge on any atom is 0.0674 e. The predicted molar refractivity (Wildman–Crippen MR) is 57.2 cm³/mol. The Morgan fingerprint density at radius 1 is 1.43 bits per heavy atom. The van der Waals surface area contributed by atoms with E-state index >= 15 is 0 Å². The third-order valence-electron chi connectivity index (χ3n) is 3.64.